The van der Waals surface area contributed by atoms with Crippen molar-refractivity contribution in [3.63, 3.8) is 0 Å². The van der Waals surface area contributed by atoms with Gasteiger partial charge >= 0.3 is 0 Å². The fourth-order valence-corrected chi connectivity index (χ4v) is 5.00. The summed E-state index contributed by atoms with van der Waals surface area (Å²) in [7, 11) is 0. The summed E-state index contributed by atoms with van der Waals surface area (Å²) in [6.45, 7) is 8.18. The minimum atomic E-state index is -1.10. The predicted octanol–water partition coefficient (Wildman–Crippen LogP) is 4.27. The van der Waals surface area contributed by atoms with E-state index in [4.69, 9.17) is 14.0 Å². The minimum Gasteiger partial charge on any atom is -0.494 e. The average Bonchev–Trinajstić information content (AvgIpc) is 3.30. The number of nitrogens with one attached hydrogen (secondary N) is 2. The van der Waals surface area contributed by atoms with E-state index < -0.39 is 40.5 Å². The zero-order valence-electron chi connectivity index (χ0n) is 22.9. The molecule has 1 aliphatic heterocycles. The molecule has 2 amide bonds. The number of ether oxygens (including phenoxy) is 2. The topological polar surface area (TPSA) is 114 Å². The van der Waals surface area contributed by atoms with E-state index >= 15 is 8.78 Å². The summed E-state index contributed by atoms with van der Waals surface area (Å²) in [6.07, 6.45) is 0.206. The first-order valence-electron chi connectivity index (χ1n) is 13.1. The Balaban J connectivity index is 1.65. The highest BCUT2D eigenvalue weighted by molar-refractivity contribution is 5.98. The number of hydrogen-bond donors (Lipinski definition) is 2. The number of benzene rings is 2. The Morgan fingerprint density at radius 2 is 1.85 bits per heavy atom. The average molecular weight is 558 g/mol. The van der Waals surface area contributed by atoms with Crippen LogP contribution >= 0.6 is 0 Å². The van der Waals surface area contributed by atoms with E-state index in [0.29, 0.717) is 30.9 Å². The van der Waals surface area contributed by atoms with Gasteiger partial charge in [0.15, 0.2) is 0 Å². The Morgan fingerprint density at radius 3 is 2.48 bits per heavy atom. The molecule has 0 saturated heterocycles. The second kappa shape index (κ2) is 12.0. The van der Waals surface area contributed by atoms with Gasteiger partial charge < -0.3 is 24.2 Å². The van der Waals surface area contributed by atoms with Gasteiger partial charge in [-0.25, -0.2) is 8.78 Å². The van der Waals surface area contributed by atoms with E-state index in [1.54, 1.807) is 32.9 Å². The number of carbonyl (C=O) groups is 2. The number of aromatic amines is 1. The minimum absolute atomic E-state index is 0.0851. The Hall–Kier alpha value is -3.99. The Morgan fingerprint density at radius 1 is 1.12 bits per heavy atom. The van der Waals surface area contributed by atoms with Crippen LogP contribution in [-0.4, -0.2) is 48.2 Å². The molecule has 214 valence electrons. The van der Waals surface area contributed by atoms with Crippen LogP contribution in [0, 0.1) is 11.6 Å². The van der Waals surface area contributed by atoms with Crippen molar-refractivity contribution < 1.29 is 32.4 Å². The van der Waals surface area contributed by atoms with Crippen LogP contribution < -0.4 is 15.6 Å². The Kier molecular flexibility index (Phi) is 8.73. The molecule has 0 aliphatic carbocycles. The molecule has 0 bridgehead atoms. The Bertz CT molecular complexity index is 1420. The number of aromatic nitrogens is 1. The molecular weight excluding hydrogens is 524 g/mol. The van der Waals surface area contributed by atoms with E-state index in [2.05, 4.69) is 10.5 Å². The van der Waals surface area contributed by atoms with E-state index in [1.165, 1.54) is 11.0 Å². The van der Waals surface area contributed by atoms with E-state index in [-0.39, 0.29) is 36.6 Å². The number of amides is 2. The third kappa shape index (κ3) is 6.25. The standard InChI is InChI=1S/C29H33F2N3O6/c1-5-38-16-29(3,4)26-22(30)12-18(13-23(26)31)32-28(37)27-21-8-7-19(39-6-2)11-17(21)9-10-34(27)25(36)15-20-14-24(35)33-40-20/h7-8,11-14,27H,5-6,9-10,15-16H2,1-4H3,(H,32,37)(H,33,35)/t27-/m1/s1. The second-order valence-corrected chi connectivity index (χ2v) is 10.2. The van der Waals surface area contributed by atoms with Gasteiger partial charge in [-0.05, 0) is 55.7 Å². The number of carbonyl (C=O) groups excluding carboxylic acids is 2. The summed E-state index contributed by atoms with van der Waals surface area (Å²) in [5, 5.41) is 4.73. The maximum atomic E-state index is 15.2. The predicted molar refractivity (Wildman–Crippen MR) is 143 cm³/mol. The van der Waals surface area contributed by atoms with Crippen molar-refractivity contribution in [2.45, 2.75) is 52.0 Å². The van der Waals surface area contributed by atoms with E-state index in [9.17, 15) is 14.4 Å². The monoisotopic (exact) mass is 557 g/mol. The molecular formula is C29H33F2N3O6. The van der Waals surface area contributed by atoms with Crippen LogP contribution in [0.2, 0.25) is 0 Å². The fourth-order valence-electron chi connectivity index (χ4n) is 5.00. The van der Waals surface area contributed by atoms with Crippen molar-refractivity contribution in [2.75, 3.05) is 31.7 Å². The third-order valence-corrected chi connectivity index (χ3v) is 6.78. The molecule has 9 nitrogen and oxygen atoms in total. The molecule has 0 radical (unpaired) electrons. The van der Waals surface area contributed by atoms with Crippen LogP contribution in [0.25, 0.3) is 0 Å². The summed E-state index contributed by atoms with van der Waals surface area (Å²) in [6, 6.07) is 7.43. The van der Waals surface area contributed by atoms with Crippen molar-refractivity contribution >= 4 is 17.5 Å². The molecule has 1 atom stereocenters. The van der Waals surface area contributed by atoms with Gasteiger partial charge in [0, 0.05) is 35.9 Å². The number of anilines is 1. The summed E-state index contributed by atoms with van der Waals surface area (Å²) >= 11 is 0. The van der Waals surface area contributed by atoms with Crippen molar-refractivity contribution in [2.24, 2.45) is 0 Å². The van der Waals surface area contributed by atoms with E-state index in [1.807, 2.05) is 13.0 Å². The van der Waals surface area contributed by atoms with Crippen LogP contribution in [0.15, 0.2) is 45.7 Å². The first-order valence-corrected chi connectivity index (χ1v) is 13.1. The SMILES string of the molecule is CCOCC(C)(C)c1c(F)cc(NC(=O)[C@H]2c3ccc(OCC)cc3CCN2C(=O)Cc2cc(=O)[nH]o2)cc1F. The van der Waals surface area contributed by atoms with Gasteiger partial charge in [-0.1, -0.05) is 19.9 Å². The zero-order chi connectivity index (χ0) is 29.0. The molecule has 3 aromatic rings. The first-order chi connectivity index (χ1) is 19.0. The smallest absolute Gasteiger partial charge is 0.280 e. The highest BCUT2D eigenvalue weighted by Gasteiger charge is 2.37. The van der Waals surface area contributed by atoms with Gasteiger partial charge in [0.1, 0.15) is 29.2 Å². The molecule has 40 heavy (non-hydrogen) atoms. The normalized spacial score (nSPS) is 15.1. The molecule has 4 rings (SSSR count). The maximum absolute atomic E-state index is 15.2. The van der Waals surface area contributed by atoms with Gasteiger partial charge in [-0.3, -0.25) is 14.4 Å². The number of hydrogen-bond acceptors (Lipinski definition) is 6. The van der Waals surface area contributed by atoms with Crippen LogP contribution in [0.3, 0.4) is 0 Å². The third-order valence-electron chi connectivity index (χ3n) is 6.78. The molecule has 0 spiro atoms. The van der Waals surface area contributed by atoms with Gasteiger partial charge in [-0.15, -0.1) is 0 Å². The largest absolute Gasteiger partial charge is 0.494 e. The highest BCUT2D eigenvalue weighted by atomic mass is 19.1. The first kappa shape index (κ1) is 29.0. The molecule has 2 N–H and O–H groups in total. The van der Waals surface area contributed by atoms with Crippen LogP contribution in [0.1, 0.15) is 56.2 Å². The summed E-state index contributed by atoms with van der Waals surface area (Å²) in [4.78, 5) is 39.8. The molecule has 1 aromatic heterocycles. The van der Waals surface area contributed by atoms with Gasteiger partial charge in [0.25, 0.3) is 11.5 Å². The van der Waals surface area contributed by atoms with Crippen LogP contribution in [0.5, 0.6) is 5.75 Å². The lowest BCUT2D eigenvalue weighted by atomic mass is 9.84. The molecule has 0 unspecified atom stereocenters. The molecule has 1 aliphatic rings. The Labute approximate surface area is 230 Å². The summed E-state index contributed by atoms with van der Waals surface area (Å²) in [5.41, 5.74) is -0.279. The molecule has 2 heterocycles. The van der Waals surface area contributed by atoms with Crippen LogP contribution in [0.4, 0.5) is 14.5 Å². The summed E-state index contributed by atoms with van der Waals surface area (Å²) in [5.74, 6) is -1.98. The quantitative estimate of drug-likeness (QED) is 0.385. The van der Waals surface area contributed by atoms with Crippen molar-refractivity contribution in [1.29, 1.82) is 0 Å². The van der Waals surface area contributed by atoms with Crippen molar-refractivity contribution in [3.8, 4) is 5.75 Å². The number of fused-ring (bicyclic) bond motifs is 1. The number of H-pyrrole nitrogens is 1. The van der Waals surface area contributed by atoms with Crippen molar-refractivity contribution in [3.05, 3.63) is 80.8 Å². The number of halogens is 2. The van der Waals surface area contributed by atoms with Crippen LogP contribution in [-0.2, 0) is 32.6 Å². The molecule has 0 saturated carbocycles. The van der Waals surface area contributed by atoms with Crippen molar-refractivity contribution in [1.82, 2.24) is 10.1 Å². The fraction of sp³-hybridized carbons (Fsp3) is 0.414. The lowest BCUT2D eigenvalue weighted by molar-refractivity contribution is -0.139. The zero-order valence-corrected chi connectivity index (χ0v) is 22.9. The van der Waals surface area contributed by atoms with Gasteiger partial charge in [-0.2, -0.15) is 5.16 Å². The number of nitrogens with zero attached hydrogens (tertiary/aromatic N) is 1. The molecule has 11 heteroatoms. The van der Waals surface area contributed by atoms with E-state index in [0.717, 1.165) is 17.7 Å². The van der Waals surface area contributed by atoms with Gasteiger partial charge in [0.2, 0.25) is 5.91 Å². The lowest BCUT2D eigenvalue weighted by Gasteiger charge is -2.36. The molecule has 2 aromatic carbocycles. The second-order valence-electron chi connectivity index (χ2n) is 10.2. The maximum Gasteiger partial charge on any atom is 0.280 e. The lowest BCUT2D eigenvalue weighted by Crippen LogP contribution is -2.46. The highest BCUT2D eigenvalue weighted by Crippen LogP contribution is 2.35. The molecule has 0 fully saturated rings. The number of rotatable bonds is 10. The summed E-state index contributed by atoms with van der Waals surface area (Å²) < 4.78 is 46.3. The van der Waals surface area contributed by atoms with Gasteiger partial charge in [0.05, 0.1) is 19.6 Å².